The maximum atomic E-state index is 10.3. The summed E-state index contributed by atoms with van der Waals surface area (Å²) in [7, 11) is 1.53. The highest BCUT2D eigenvalue weighted by Gasteiger charge is 2.32. The number of nitrogens with zero attached hydrogens (tertiary/aromatic N) is 2. The third-order valence-corrected chi connectivity index (χ3v) is 4.27. The molecule has 1 aromatic carbocycles. The molecule has 2 heterocycles. The van der Waals surface area contributed by atoms with Crippen molar-refractivity contribution in [2.75, 3.05) is 20.2 Å². The number of phenols is 1. The normalized spacial score (nSPS) is 21.7. The van der Waals surface area contributed by atoms with Crippen molar-refractivity contribution in [3.05, 3.63) is 41.3 Å². The third kappa shape index (κ3) is 3.65. The van der Waals surface area contributed by atoms with Crippen molar-refractivity contribution < 1.29 is 19.5 Å². The van der Waals surface area contributed by atoms with Gasteiger partial charge in [-0.25, -0.2) is 0 Å². The summed E-state index contributed by atoms with van der Waals surface area (Å²) in [4.78, 5) is 2.18. The highest BCUT2D eigenvalue weighted by Crippen LogP contribution is 2.28. The minimum Gasteiger partial charge on any atom is -0.504 e. The van der Waals surface area contributed by atoms with Gasteiger partial charge in [0.05, 0.1) is 18.9 Å². The topological polar surface area (TPSA) is 79.0 Å². The SMILES string of the molecule is COc1ccc(CN2CC(O)C(Cc3cc(C)no3)C2)cc1O. The zero-order valence-corrected chi connectivity index (χ0v) is 13.4. The minimum absolute atomic E-state index is 0.134. The number of rotatable bonds is 5. The van der Waals surface area contributed by atoms with Crippen LogP contribution in [-0.2, 0) is 13.0 Å². The van der Waals surface area contributed by atoms with Crippen LogP contribution in [0.2, 0.25) is 0 Å². The molecular weight excluding hydrogens is 296 g/mol. The number of β-amino-alcohol motifs (C(OH)–C–C–N with tert-alkyl or cyclic N) is 1. The number of methoxy groups -OCH3 is 1. The summed E-state index contributed by atoms with van der Waals surface area (Å²) >= 11 is 0. The molecule has 3 rings (SSSR count). The first-order valence-corrected chi connectivity index (χ1v) is 7.73. The van der Waals surface area contributed by atoms with Crippen molar-refractivity contribution in [2.45, 2.75) is 26.0 Å². The van der Waals surface area contributed by atoms with Gasteiger partial charge in [-0.15, -0.1) is 0 Å². The summed E-state index contributed by atoms with van der Waals surface area (Å²) in [5.74, 6) is 1.55. The number of ether oxygens (including phenoxy) is 1. The number of hydrogen-bond donors (Lipinski definition) is 2. The van der Waals surface area contributed by atoms with Gasteiger partial charge in [-0.3, -0.25) is 4.90 Å². The molecule has 1 saturated heterocycles. The smallest absolute Gasteiger partial charge is 0.160 e. The highest BCUT2D eigenvalue weighted by molar-refractivity contribution is 5.41. The van der Waals surface area contributed by atoms with Crippen molar-refractivity contribution in [3.63, 3.8) is 0 Å². The molecule has 6 nitrogen and oxygen atoms in total. The van der Waals surface area contributed by atoms with Crippen LogP contribution < -0.4 is 4.74 Å². The Morgan fingerprint density at radius 3 is 2.83 bits per heavy atom. The first kappa shape index (κ1) is 15.8. The number of aromatic hydroxyl groups is 1. The number of benzene rings is 1. The fourth-order valence-electron chi connectivity index (χ4n) is 3.13. The van der Waals surface area contributed by atoms with Crippen LogP contribution in [0.4, 0.5) is 0 Å². The van der Waals surface area contributed by atoms with Crippen LogP contribution in [0.25, 0.3) is 0 Å². The lowest BCUT2D eigenvalue weighted by Crippen LogP contribution is -2.21. The molecule has 0 bridgehead atoms. The van der Waals surface area contributed by atoms with Crippen LogP contribution in [0, 0.1) is 12.8 Å². The van der Waals surface area contributed by atoms with E-state index in [4.69, 9.17) is 9.26 Å². The van der Waals surface area contributed by atoms with Gasteiger partial charge in [-0.2, -0.15) is 0 Å². The fourth-order valence-corrected chi connectivity index (χ4v) is 3.13. The predicted octanol–water partition coefficient (Wildman–Crippen LogP) is 1.73. The average Bonchev–Trinajstić information content (AvgIpc) is 3.06. The number of hydrogen-bond acceptors (Lipinski definition) is 6. The monoisotopic (exact) mass is 318 g/mol. The van der Waals surface area contributed by atoms with Gasteiger partial charge in [0.1, 0.15) is 5.76 Å². The van der Waals surface area contributed by atoms with E-state index in [0.29, 0.717) is 25.3 Å². The molecule has 0 amide bonds. The van der Waals surface area contributed by atoms with E-state index in [-0.39, 0.29) is 17.8 Å². The average molecular weight is 318 g/mol. The summed E-state index contributed by atoms with van der Waals surface area (Å²) in [5, 5.41) is 24.0. The molecular formula is C17H22N2O4. The highest BCUT2D eigenvalue weighted by atomic mass is 16.5. The van der Waals surface area contributed by atoms with E-state index in [1.54, 1.807) is 12.1 Å². The second-order valence-electron chi connectivity index (χ2n) is 6.17. The van der Waals surface area contributed by atoms with Crippen molar-refractivity contribution in [3.8, 4) is 11.5 Å². The Labute approximate surface area is 135 Å². The van der Waals surface area contributed by atoms with Gasteiger partial charge in [-0.1, -0.05) is 11.2 Å². The Balaban J connectivity index is 1.61. The Kier molecular flexibility index (Phi) is 4.54. The molecule has 1 aliphatic heterocycles. The van der Waals surface area contributed by atoms with Crippen LogP contribution in [0.15, 0.2) is 28.8 Å². The molecule has 6 heteroatoms. The first-order chi connectivity index (χ1) is 11.0. The number of aliphatic hydroxyl groups is 1. The number of aromatic nitrogens is 1. The van der Waals surface area contributed by atoms with Crippen molar-refractivity contribution in [2.24, 2.45) is 5.92 Å². The zero-order valence-electron chi connectivity index (χ0n) is 13.4. The van der Waals surface area contributed by atoms with Gasteiger partial charge in [0.2, 0.25) is 0 Å². The number of aryl methyl sites for hydroxylation is 1. The summed E-state index contributed by atoms with van der Waals surface area (Å²) < 4.78 is 10.3. The van der Waals surface area contributed by atoms with Crippen molar-refractivity contribution in [1.29, 1.82) is 0 Å². The Morgan fingerprint density at radius 2 is 2.17 bits per heavy atom. The molecule has 1 aliphatic rings. The first-order valence-electron chi connectivity index (χ1n) is 7.73. The molecule has 0 radical (unpaired) electrons. The number of aliphatic hydroxyl groups excluding tert-OH is 1. The summed E-state index contributed by atoms with van der Waals surface area (Å²) in [6.45, 7) is 3.97. The maximum Gasteiger partial charge on any atom is 0.160 e. The van der Waals surface area contributed by atoms with E-state index in [1.165, 1.54) is 7.11 Å². The Hall–Kier alpha value is -2.05. The van der Waals surface area contributed by atoms with Gasteiger partial charge in [0.15, 0.2) is 11.5 Å². The Morgan fingerprint density at radius 1 is 1.35 bits per heavy atom. The van der Waals surface area contributed by atoms with E-state index in [0.717, 1.165) is 23.6 Å². The van der Waals surface area contributed by atoms with Gasteiger partial charge < -0.3 is 19.5 Å². The largest absolute Gasteiger partial charge is 0.504 e. The standard InChI is InChI=1S/C17H22N2O4/c1-11-5-14(23-18-11)7-13-9-19(10-16(13)21)8-12-3-4-17(22-2)15(20)6-12/h3-6,13,16,20-21H,7-10H2,1-2H3. The summed E-state index contributed by atoms with van der Waals surface area (Å²) in [5.41, 5.74) is 1.85. The molecule has 1 aromatic heterocycles. The molecule has 2 N–H and O–H groups in total. The van der Waals surface area contributed by atoms with Crippen LogP contribution in [0.3, 0.4) is 0 Å². The second kappa shape index (κ2) is 6.60. The van der Waals surface area contributed by atoms with Crippen LogP contribution in [0.5, 0.6) is 11.5 Å². The van der Waals surface area contributed by atoms with Crippen LogP contribution in [-0.4, -0.2) is 46.6 Å². The van der Waals surface area contributed by atoms with E-state index < -0.39 is 0 Å². The molecule has 124 valence electrons. The van der Waals surface area contributed by atoms with E-state index in [9.17, 15) is 10.2 Å². The van der Waals surface area contributed by atoms with Gasteiger partial charge in [0, 0.05) is 38.0 Å². The van der Waals surface area contributed by atoms with E-state index in [1.807, 2.05) is 19.1 Å². The number of phenolic OH excluding ortho intramolecular Hbond substituents is 1. The molecule has 1 fully saturated rings. The molecule has 0 aliphatic carbocycles. The van der Waals surface area contributed by atoms with Crippen LogP contribution in [0.1, 0.15) is 17.0 Å². The predicted molar refractivity (Wildman–Crippen MR) is 84.4 cm³/mol. The lowest BCUT2D eigenvalue weighted by atomic mass is 10.0. The van der Waals surface area contributed by atoms with E-state index in [2.05, 4.69) is 10.1 Å². The lowest BCUT2D eigenvalue weighted by molar-refractivity contribution is 0.137. The molecule has 2 unspecified atom stereocenters. The minimum atomic E-state index is -0.382. The summed E-state index contributed by atoms with van der Waals surface area (Å²) in [6.07, 6.45) is 0.305. The van der Waals surface area contributed by atoms with Crippen LogP contribution >= 0.6 is 0 Å². The van der Waals surface area contributed by atoms with Crippen molar-refractivity contribution >= 4 is 0 Å². The molecule has 0 saturated carbocycles. The third-order valence-electron chi connectivity index (χ3n) is 4.27. The fraction of sp³-hybridized carbons (Fsp3) is 0.471. The molecule has 2 atom stereocenters. The quantitative estimate of drug-likeness (QED) is 0.874. The zero-order chi connectivity index (χ0) is 16.4. The van der Waals surface area contributed by atoms with Crippen molar-refractivity contribution in [1.82, 2.24) is 10.1 Å². The Bertz CT molecular complexity index is 670. The summed E-state index contributed by atoms with van der Waals surface area (Å²) in [6, 6.07) is 7.30. The second-order valence-corrected chi connectivity index (χ2v) is 6.17. The molecule has 2 aromatic rings. The van der Waals surface area contributed by atoms with Gasteiger partial charge in [0.25, 0.3) is 0 Å². The van der Waals surface area contributed by atoms with Gasteiger partial charge >= 0.3 is 0 Å². The maximum absolute atomic E-state index is 10.3. The molecule has 0 spiro atoms. The lowest BCUT2D eigenvalue weighted by Gasteiger charge is -2.16. The van der Waals surface area contributed by atoms with E-state index >= 15 is 0 Å². The number of likely N-dealkylation sites (tertiary alicyclic amines) is 1. The molecule has 23 heavy (non-hydrogen) atoms. The van der Waals surface area contributed by atoms with Gasteiger partial charge in [-0.05, 0) is 24.6 Å².